The van der Waals surface area contributed by atoms with Crippen molar-refractivity contribution in [2.45, 2.75) is 25.7 Å². The van der Waals surface area contributed by atoms with Crippen LogP contribution in [0.2, 0.25) is 0 Å². The highest BCUT2D eigenvalue weighted by Crippen LogP contribution is 2.31. The first-order valence-electron chi connectivity index (χ1n) is 10.4. The molecule has 0 bridgehead atoms. The van der Waals surface area contributed by atoms with Gasteiger partial charge in [-0.1, -0.05) is 24.3 Å². The van der Waals surface area contributed by atoms with Gasteiger partial charge in [0.2, 0.25) is 0 Å². The van der Waals surface area contributed by atoms with Crippen LogP contribution in [0.25, 0.3) is 22.3 Å². The van der Waals surface area contributed by atoms with E-state index in [2.05, 4.69) is 4.99 Å². The number of nitrogens with two attached hydrogens (primary N) is 2. The Kier molecular flexibility index (Phi) is 6.02. The molecule has 0 amide bonds. The number of fused-ring (bicyclic) bond motifs is 1. The molecule has 0 saturated heterocycles. The number of hydrogen-bond donors (Lipinski definition) is 2. The van der Waals surface area contributed by atoms with Gasteiger partial charge in [0.15, 0.2) is 11.4 Å². The van der Waals surface area contributed by atoms with E-state index in [0.717, 1.165) is 25.7 Å². The second-order valence-corrected chi connectivity index (χ2v) is 7.90. The second-order valence-electron chi connectivity index (χ2n) is 7.90. The average Bonchev–Trinajstić information content (AvgIpc) is 2.78. The van der Waals surface area contributed by atoms with Gasteiger partial charge in [-0.3, -0.25) is 14.6 Å². The van der Waals surface area contributed by atoms with Gasteiger partial charge in [0.1, 0.15) is 17.1 Å². The maximum atomic E-state index is 12.7. The molecule has 1 aliphatic rings. The van der Waals surface area contributed by atoms with Gasteiger partial charge in [-0.15, -0.1) is 0 Å². The Labute approximate surface area is 179 Å². The number of carbonyl (C=O) groups excluding carboxylic acids is 1. The van der Waals surface area contributed by atoms with Crippen molar-refractivity contribution >= 4 is 22.9 Å². The molecule has 4 rings (SSSR count). The van der Waals surface area contributed by atoms with E-state index < -0.39 is 0 Å². The van der Waals surface area contributed by atoms with Gasteiger partial charge in [0.05, 0.1) is 11.3 Å². The quantitative estimate of drug-likeness (QED) is 0.283. The van der Waals surface area contributed by atoms with E-state index in [-0.39, 0.29) is 23.3 Å². The van der Waals surface area contributed by atoms with Crippen molar-refractivity contribution in [1.82, 2.24) is 0 Å². The average molecular weight is 419 g/mol. The van der Waals surface area contributed by atoms with Gasteiger partial charge < -0.3 is 20.6 Å². The molecule has 2 aromatic carbocycles. The largest absolute Gasteiger partial charge is 0.456 e. The molecule has 0 spiro atoms. The van der Waals surface area contributed by atoms with E-state index in [4.69, 9.17) is 20.6 Å². The monoisotopic (exact) mass is 419 g/mol. The van der Waals surface area contributed by atoms with Crippen molar-refractivity contribution in [3.05, 3.63) is 64.8 Å². The lowest BCUT2D eigenvalue weighted by atomic mass is 9.82. The molecule has 1 aliphatic carbocycles. The fraction of sp³-hybridized carbons (Fsp3) is 0.292. The summed E-state index contributed by atoms with van der Waals surface area (Å²) in [7, 11) is 0. The minimum atomic E-state index is -0.239. The molecular weight excluding hydrogens is 394 g/mol. The number of ether oxygens (including phenoxy) is 1. The molecular formula is C24H25N3O4. The summed E-state index contributed by atoms with van der Waals surface area (Å²) in [6.07, 6.45) is 3.28. The Balaban J connectivity index is 1.44. The maximum absolute atomic E-state index is 12.7. The summed E-state index contributed by atoms with van der Waals surface area (Å²) in [5.74, 6) is 0.979. The Morgan fingerprint density at radius 1 is 1.03 bits per heavy atom. The van der Waals surface area contributed by atoms with Gasteiger partial charge in [-0.05, 0) is 55.9 Å². The van der Waals surface area contributed by atoms with Crippen LogP contribution >= 0.6 is 0 Å². The van der Waals surface area contributed by atoms with Crippen molar-refractivity contribution in [3.63, 3.8) is 0 Å². The first kappa shape index (κ1) is 20.7. The van der Waals surface area contributed by atoms with Crippen molar-refractivity contribution in [2.24, 2.45) is 28.3 Å². The summed E-state index contributed by atoms with van der Waals surface area (Å²) < 4.78 is 11.5. The molecule has 7 heteroatoms. The molecule has 0 aliphatic heterocycles. The van der Waals surface area contributed by atoms with E-state index in [1.807, 2.05) is 12.1 Å². The van der Waals surface area contributed by atoms with Crippen LogP contribution < -0.4 is 21.6 Å². The van der Waals surface area contributed by atoms with Crippen LogP contribution in [0.4, 0.5) is 0 Å². The highest BCUT2D eigenvalue weighted by molar-refractivity contribution is 5.79. The van der Waals surface area contributed by atoms with Gasteiger partial charge in [-0.25, -0.2) is 0 Å². The fourth-order valence-corrected chi connectivity index (χ4v) is 3.97. The topological polar surface area (TPSA) is 121 Å². The predicted molar refractivity (Wildman–Crippen MR) is 120 cm³/mol. The first-order chi connectivity index (χ1) is 15.0. The van der Waals surface area contributed by atoms with Crippen LogP contribution in [0.5, 0.6) is 5.75 Å². The number of benzene rings is 2. The number of aliphatic imine (C=N–C) groups is 1. The number of para-hydroxylation sites is 1. The number of hydrogen-bond acceptors (Lipinski definition) is 5. The molecule has 160 valence electrons. The highest BCUT2D eigenvalue weighted by atomic mass is 16.5. The molecule has 0 unspecified atom stereocenters. The number of carbonyl (C=O) groups is 1. The van der Waals surface area contributed by atoms with E-state index in [9.17, 15) is 9.59 Å². The predicted octanol–water partition coefficient (Wildman–Crippen LogP) is 3.45. The minimum absolute atomic E-state index is 0.101. The normalized spacial score (nSPS) is 18.5. The Bertz CT molecular complexity index is 1170. The fourth-order valence-electron chi connectivity index (χ4n) is 3.97. The lowest BCUT2D eigenvalue weighted by Crippen LogP contribution is -2.28. The van der Waals surface area contributed by atoms with Crippen LogP contribution in [0.1, 0.15) is 25.7 Å². The van der Waals surface area contributed by atoms with Gasteiger partial charge in [0, 0.05) is 18.2 Å². The molecule has 4 N–H and O–H groups in total. The van der Waals surface area contributed by atoms with E-state index in [1.54, 1.807) is 36.4 Å². The summed E-state index contributed by atoms with van der Waals surface area (Å²) in [6.45, 7) is 0.600. The number of guanidine groups is 1. The molecule has 31 heavy (non-hydrogen) atoms. The van der Waals surface area contributed by atoms with Gasteiger partial charge >= 0.3 is 5.97 Å². The SMILES string of the molecule is NC(N)=NCC1CCC(C(=O)Oc2cccc(-c3cc(=O)c4ccccc4o3)c2)CC1. The van der Waals surface area contributed by atoms with Crippen molar-refractivity contribution < 1.29 is 13.9 Å². The van der Waals surface area contributed by atoms with E-state index >= 15 is 0 Å². The highest BCUT2D eigenvalue weighted by Gasteiger charge is 2.27. The third-order valence-corrected chi connectivity index (χ3v) is 5.68. The van der Waals surface area contributed by atoms with E-state index in [1.165, 1.54) is 6.07 Å². The first-order valence-corrected chi connectivity index (χ1v) is 10.4. The summed E-state index contributed by atoms with van der Waals surface area (Å²) in [5.41, 5.74) is 11.9. The number of rotatable bonds is 5. The molecule has 1 heterocycles. The standard InChI is InChI=1S/C24H25N3O4/c25-24(26)27-14-15-8-10-16(11-9-15)23(29)30-18-5-3-4-17(12-18)22-13-20(28)19-6-1-2-7-21(19)31-22/h1-7,12-13,15-16H,8-11,14H2,(H4,25,26,27). The summed E-state index contributed by atoms with van der Waals surface area (Å²) in [4.78, 5) is 29.1. The minimum Gasteiger partial charge on any atom is -0.456 e. The smallest absolute Gasteiger partial charge is 0.314 e. The third-order valence-electron chi connectivity index (χ3n) is 5.68. The van der Waals surface area contributed by atoms with Gasteiger partial charge in [-0.2, -0.15) is 0 Å². The van der Waals surface area contributed by atoms with Gasteiger partial charge in [0.25, 0.3) is 0 Å². The molecule has 3 aromatic rings. The summed E-state index contributed by atoms with van der Waals surface area (Å²) >= 11 is 0. The van der Waals surface area contributed by atoms with Crippen LogP contribution in [-0.4, -0.2) is 18.5 Å². The van der Waals surface area contributed by atoms with Crippen LogP contribution in [0.3, 0.4) is 0 Å². The number of esters is 1. The number of nitrogens with zero attached hydrogens (tertiary/aromatic N) is 1. The van der Waals surface area contributed by atoms with Crippen LogP contribution in [-0.2, 0) is 4.79 Å². The van der Waals surface area contributed by atoms with Crippen molar-refractivity contribution in [2.75, 3.05) is 6.54 Å². The maximum Gasteiger partial charge on any atom is 0.314 e. The zero-order valence-corrected chi connectivity index (χ0v) is 17.1. The summed E-state index contributed by atoms with van der Waals surface area (Å²) in [6, 6.07) is 15.6. The molecule has 0 atom stereocenters. The zero-order chi connectivity index (χ0) is 21.8. The van der Waals surface area contributed by atoms with Crippen LogP contribution in [0.15, 0.2) is 68.8 Å². The van der Waals surface area contributed by atoms with E-state index in [0.29, 0.717) is 40.5 Å². The molecule has 0 radical (unpaired) electrons. The Morgan fingerprint density at radius 3 is 2.58 bits per heavy atom. The lowest BCUT2D eigenvalue weighted by molar-refractivity contribution is -0.140. The molecule has 1 aromatic heterocycles. The Hall–Kier alpha value is -3.61. The molecule has 1 saturated carbocycles. The van der Waals surface area contributed by atoms with Crippen molar-refractivity contribution in [3.8, 4) is 17.1 Å². The summed E-state index contributed by atoms with van der Waals surface area (Å²) in [5, 5.41) is 0.532. The Morgan fingerprint density at radius 2 is 1.81 bits per heavy atom. The third kappa shape index (κ3) is 4.94. The lowest BCUT2D eigenvalue weighted by Gasteiger charge is -2.26. The molecule has 1 fully saturated rings. The van der Waals surface area contributed by atoms with Crippen LogP contribution in [0, 0.1) is 11.8 Å². The zero-order valence-electron chi connectivity index (χ0n) is 17.1. The van der Waals surface area contributed by atoms with Crippen molar-refractivity contribution in [1.29, 1.82) is 0 Å². The second kappa shape index (κ2) is 9.04. The molecule has 7 nitrogen and oxygen atoms in total.